The van der Waals surface area contributed by atoms with Crippen molar-refractivity contribution in [1.29, 1.82) is 0 Å². The minimum atomic E-state index is -0.481. The monoisotopic (exact) mass is 444 g/mol. The predicted octanol–water partition coefficient (Wildman–Crippen LogP) is 6.63. The third-order valence-corrected chi connectivity index (χ3v) is 5.77. The van der Waals surface area contributed by atoms with Crippen LogP contribution >= 0.6 is 0 Å². The average molecular weight is 445 g/mol. The lowest BCUT2D eigenvalue weighted by atomic mass is 10.1. The van der Waals surface area contributed by atoms with Crippen molar-refractivity contribution < 1.29 is 14.6 Å². The summed E-state index contributed by atoms with van der Waals surface area (Å²) in [5, 5.41) is 20.6. The van der Waals surface area contributed by atoms with Gasteiger partial charge in [-0.15, -0.1) is 10.2 Å². The minimum Gasteiger partial charge on any atom is -0.497 e. The van der Waals surface area contributed by atoms with Gasteiger partial charge in [0.05, 0.1) is 23.7 Å². The number of fused-ring (bicyclic) bond motifs is 2. The number of benzene rings is 2. The molecule has 170 valence electrons. The van der Waals surface area contributed by atoms with E-state index in [1.165, 1.54) is 0 Å². The Labute approximate surface area is 192 Å². The molecule has 0 saturated heterocycles. The largest absolute Gasteiger partial charge is 0.497 e. The molecule has 7 nitrogen and oxygen atoms in total. The Bertz CT molecular complexity index is 1370. The Balaban J connectivity index is 1.78. The first-order valence-electron chi connectivity index (χ1n) is 11.2. The van der Waals surface area contributed by atoms with Gasteiger partial charge in [0.1, 0.15) is 5.75 Å². The Morgan fingerprint density at radius 1 is 1.09 bits per heavy atom. The summed E-state index contributed by atoms with van der Waals surface area (Å²) in [5.74, 6) is 0.157. The van der Waals surface area contributed by atoms with E-state index in [1.807, 2.05) is 48.7 Å². The van der Waals surface area contributed by atoms with Gasteiger partial charge in [0.15, 0.2) is 5.69 Å². The Morgan fingerprint density at radius 2 is 1.91 bits per heavy atom. The molecule has 0 aliphatic carbocycles. The zero-order valence-corrected chi connectivity index (χ0v) is 19.4. The molecular weight excluding hydrogens is 416 g/mol. The van der Waals surface area contributed by atoms with Gasteiger partial charge in [0, 0.05) is 23.0 Å². The summed E-state index contributed by atoms with van der Waals surface area (Å²) in [5.41, 5.74) is 4.02. The molecule has 7 heteroatoms. The maximum atomic E-state index is 13.1. The van der Waals surface area contributed by atoms with Crippen LogP contribution in [0.15, 0.2) is 52.7 Å². The number of aryl methyl sites for hydroxylation is 3. The molecule has 0 spiro atoms. The fourth-order valence-corrected chi connectivity index (χ4v) is 4.07. The van der Waals surface area contributed by atoms with Gasteiger partial charge in [0.25, 0.3) is 5.91 Å². The van der Waals surface area contributed by atoms with Gasteiger partial charge in [-0.2, -0.15) is 0 Å². The number of ether oxygens (including phenoxy) is 1. The second-order valence-electron chi connectivity index (χ2n) is 8.25. The Hall–Kier alpha value is -3.74. The van der Waals surface area contributed by atoms with E-state index in [0.29, 0.717) is 23.2 Å². The summed E-state index contributed by atoms with van der Waals surface area (Å²) >= 11 is 0. The van der Waals surface area contributed by atoms with Crippen LogP contribution in [0.3, 0.4) is 0 Å². The number of rotatable bonds is 7. The summed E-state index contributed by atoms with van der Waals surface area (Å²) in [6.07, 6.45) is 3.06. The van der Waals surface area contributed by atoms with E-state index in [0.717, 1.165) is 46.9 Å². The van der Waals surface area contributed by atoms with Crippen LogP contribution in [0.4, 0.5) is 5.69 Å². The van der Waals surface area contributed by atoms with Crippen molar-refractivity contribution in [2.24, 2.45) is 10.2 Å². The third-order valence-electron chi connectivity index (χ3n) is 5.77. The van der Waals surface area contributed by atoms with Crippen LogP contribution < -0.4 is 4.74 Å². The standard InChI is InChI=1S/C26H28N4O3/c1-5-6-7-12-30-23-11-9-18(33-4)15-21(23)24(26(30)32)28-29-25(31)20-14-17(3)27-22-10-8-16(2)13-19(20)22/h8-11,13-15,32H,5-7,12H2,1-4H3. The lowest BCUT2D eigenvalue weighted by molar-refractivity contribution is 0.0996. The van der Waals surface area contributed by atoms with Crippen molar-refractivity contribution in [2.75, 3.05) is 7.11 Å². The number of hydrogen-bond donors (Lipinski definition) is 1. The zero-order chi connectivity index (χ0) is 23.5. The van der Waals surface area contributed by atoms with Gasteiger partial charge >= 0.3 is 0 Å². The molecule has 1 amide bonds. The predicted molar refractivity (Wildman–Crippen MR) is 130 cm³/mol. The second-order valence-corrected chi connectivity index (χ2v) is 8.25. The van der Waals surface area contributed by atoms with Crippen LogP contribution in [0, 0.1) is 13.8 Å². The van der Waals surface area contributed by atoms with Crippen LogP contribution in [0.5, 0.6) is 11.6 Å². The molecule has 2 aromatic carbocycles. The minimum absolute atomic E-state index is 0.00230. The van der Waals surface area contributed by atoms with Crippen LogP contribution in [0.1, 0.15) is 47.8 Å². The number of aromatic nitrogens is 2. The molecule has 0 bridgehead atoms. The molecule has 2 aromatic heterocycles. The Morgan fingerprint density at radius 3 is 2.67 bits per heavy atom. The van der Waals surface area contributed by atoms with Gasteiger partial charge in [-0.3, -0.25) is 9.78 Å². The van der Waals surface area contributed by atoms with E-state index in [-0.39, 0.29) is 11.6 Å². The lowest BCUT2D eigenvalue weighted by Crippen LogP contribution is -1.99. The molecule has 0 radical (unpaired) electrons. The molecule has 4 rings (SSSR count). The molecule has 33 heavy (non-hydrogen) atoms. The first kappa shape index (κ1) is 22.5. The van der Waals surface area contributed by atoms with Crippen molar-refractivity contribution in [2.45, 2.75) is 46.6 Å². The number of pyridine rings is 1. The molecule has 0 unspecified atom stereocenters. The van der Waals surface area contributed by atoms with Gasteiger partial charge in [-0.25, -0.2) is 0 Å². The molecule has 0 saturated carbocycles. The van der Waals surface area contributed by atoms with Crippen molar-refractivity contribution in [1.82, 2.24) is 9.55 Å². The zero-order valence-electron chi connectivity index (χ0n) is 19.4. The molecule has 0 aliphatic rings. The average Bonchev–Trinajstić information content (AvgIpc) is 3.07. The summed E-state index contributed by atoms with van der Waals surface area (Å²) in [6, 6.07) is 13.0. The molecule has 2 heterocycles. The van der Waals surface area contributed by atoms with Gasteiger partial charge in [-0.05, 0) is 56.7 Å². The normalized spacial score (nSPS) is 11.6. The molecule has 4 aromatic rings. The van der Waals surface area contributed by atoms with Gasteiger partial charge < -0.3 is 14.4 Å². The highest BCUT2D eigenvalue weighted by atomic mass is 16.5. The topological polar surface area (TPSA) is 89.1 Å². The van der Waals surface area contributed by atoms with E-state index in [9.17, 15) is 9.90 Å². The first-order chi connectivity index (χ1) is 15.9. The molecular formula is C26H28N4O3. The smallest absolute Gasteiger partial charge is 0.296 e. The first-order valence-corrected chi connectivity index (χ1v) is 11.2. The second kappa shape index (κ2) is 9.40. The van der Waals surface area contributed by atoms with Gasteiger partial charge in [-0.1, -0.05) is 31.4 Å². The highest BCUT2D eigenvalue weighted by Gasteiger charge is 2.19. The number of carbonyl (C=O) groups excluding carboxylic acids is 1. The summed E-state index contributed by atoms with van der Waals surface area (Å²) < 4.78 is 7.17. The SMILES string of the molecule is CCCCCn1c(O)c(N=NC(=O)c2cc(C)nc3ccc(C)cc23)c2cc(OC)ccc21. The maximum Gasteiger partial charge on any atom is 0.296 e. The van der Waals surface area contributed by atoms with Crippen molar-refractivity contribution in [3.8, 4) is 11.6 Å². The fourth-order valence-electron chi connectivity index (χ4n) is 4.07. The van der Waals surface area contributed by atoms with Crippen molar-refractivity contribution in [3.05, 3.63) is 59.3 Å². The van der Waals surface area contributed by atoms with Crippen LogP contribution in [0.2, 0.25) is 0 Å². The number of aromatic hydroxyl groups is 1. The number of unbranched alkanes of at least 4 members (excludes halogenated alkanes) is 2. The summed E-state index contributed by atoms with van der Waals surface area (Å²) in [7, 11) is 1.59. The van der Waals surface area contributed by atoms with E-state index in [4.69, 9.17) is 4.74 Å². The van der Waals surface area contributed by atoms with Crippen LogP contribution in [-0.2, 0) is 6.54 Å². The van der Waals surface area contributed by atoms with Crippen LogP contribution in [-0.4, -0.2) is 27.7 Å². The molecule has 0 fully saturated rings. The highest BCUT2D eigenvalue weighted by molar-refractivity contribution is 6.07. The third kappa shape index (κ3) is 4.44. The number of amides is 1. The number of nitrogens with zero attached hydrogens (tertiary/aromatic N) is 4. The van der Waals surface area contributed by atoms with E-state index in [2.05, 4.69) is 22.1 Å². The summed E-state index contributed by atoms with van der Waals surface area (Å²) in [4.78, 5) is 17.6. The Kier molecular flexibility index (Phi) is 6.40. The quantitative estimate of drug-likeness (QED) is 0.256. The van der Waals surface area contributed by atoms with Crippen molar-refractivity contribution >= 4 is 33.4 Å². The molecule has 0 aliphatic heterocycles. The molecule has 0 atom stereocenters. The molecule has 1 N–H and O–H groups in total. The van der Waals surface area contributed by atoms with Gasteiger partial charge in [0.2, 0.25) is 5.88 Å². The summed E-state index contributed by atoms with van der Waals surface area (Å²) in [6.45, 7) is 6.60. The highest BCUT2D eigenvalue weighted by Crippen LogP contribution is 2.41. The number of methoxy groups -OCH3 is 1. The van der Waals surface area contributed by atoms with Crippen LogP contribution in [0.25, 0.3) is 21.8 Å². The number of carbonyl (C=O) groups is 1. The van der Waals surface area contributed by atoms with E-state index >= 15 is 0 Å². The van der Waals surface area contributed by atoms with E-state index < -0.39 is 5.91 Å². The lowest BCUT2D eigenvalue weighted by Gasteiger charge is -2.06. The van der Waals surface area contributed by atoms with Crippen molar-refractivity contribution in [3.63, 3.8) is 0 Å². The fraction of sp³-hybridized carbons (Fsp3) is 0.308. The van der Waals surface area contributed by atoms with E-state index in [1.54, 1.807) is 19.2 Å². The maximum absolute atomic E-state index is 13.1. The number of azo groups is 1. The number of hydrogen-bond acceptors (Lipinski definition) is 5.